The van der Waals surface area contributed by atoms with Gasteiger partial charge >= 0.3 is 0 Å². The van der Waals surface area contributed by atoms with Gasteiger partial charge in [0.2, 0.25) is 0 Å². The van der Waals surface area contributed by atoms with Crippen LogP contribution in [0.5, 0.6) is 0 Å². The first-order valence-electron chi connectivity index (χ1n) is 14.6. The fraction of sp³-hybridized carbons (Fsp3) is 0.412. The molecule has 4 aromatic rings. The van der Waals surface area contributed by atoms with Crippen LogP contribution in [-0.4, -0.2) is 19.9 Å². The average Bonchev–Trinajstić information content (AvgIpc) is 3.55. The molecule has 4 nitrogen and oxygen atoms in total. The Kier molecular flexibility index (Phi) is 7.17. The van der Waals surface area contributed by atoms with Gasteiger partial charge in [-0.25, -0.2) is 0 Å². The second-order valence-electron chi connectivity index (χ2n) is 11.0. The first-order valence-corrected chi connectivity index (χ1v) is 14.6. The number of fused-ring (bicyclic) bond motifs is 8. The molecule has 1 aliphatic rings. The third-order valence-corrected chi connectivity index (χ3v) is 8.67. The molecule has 5 heterocycles. The maximum atomic E-state index is 3.82. The molecule has 0 aromatic carbocycles. The molecule has 0 unspecified atom stereocenters. The third kappa shape index (κ3) is 4.34. The molecule has 0 saturated heterocycles. The molecule has 5 rings (SSSR count). The van der Waals surface area contributed by atoms with Crippen molar-refractivity contribution in [3.05, 3.63) is 88.7 Å². The van der Waals surface area contributed by atoms with Gasteiger partial charge in [0.05, 0.1) is 0 Å². The molecule has 8 bridgehead atoms. The molecule has 0 radical (unpaired) electrons. The van der Waals surface area contributed by atoms with Gasteiger partial charge in [0.1, 0.15) is 0 Å². The van der Waals surface area contributed by atoms with Crippen LogP contribution < -0.4 is 21.4 Å². The molecule has 0 aliphatic carbocycles. The van der Waals surface area contributed by atoms with Crippen molar-refractivity contribution in [2.45, 2.75) is 93.9 Å². The highest BCUT2D eigenvalue weighted by Gasteiger charge is 2.16. The fourth-order valence-corrected chi connectivity index (χ4v) is 6.42. The molecule has 38 heavy (non-hydrogen) atoms. The van der Waals surface area contributed by atoms with Crippen molar-refractivity contribution in [3.63, 3.8) is 0 Å². The molecule has 1 aliphatic heterocycles. The predicted molar refractivity (Wildman–Crippen MR) is 162 cm³/mol. The zero-order valence-corrected chi connectivity index (χ0v) is 24.6. The van der Waals surface area contributed by atoms with Gasteiger partial charge < -0.3 is 19.9 Å². The zero-order chi connectivity index (χ0) is 27.1. The van der Waals surface area contributed by atoms with Gasteiger partial charge in [-0.2, -0.15) is 0 Å². The first-order chi connectivity index (χ1) is 18.3. The number of hydrogen-bond donors (Lipinski definition) is 4. The molecule has 0 spiro atoms. The summed E-state index contributed by atoms with van der Waals surface area (Å²) in [7, 11) is 0. The predicted octanol–water partition coefficient (Wildman–Crippen LogP) is 4.89. The summed E-state index contributed by atoms with van der Waals surface area (Å²) in [4.78, 5) is 15.2. The summed E-state index contributed by atoms with van der Waals surface area (Å²) >= 11 is 0. The SMILES string of the molecule is CCCc1c2[nH]c(c1C)C=c1[nH]c(c(C)c1CC)=Cc1[nH]c(c(C)c1CC)C=c1[nH]c(c(CCC)c1C)=C2. The number of aromatic amines is 4. The summed E-state index contributed by atoms with van der Waals surface area (Å²) in [5.41, 5.74) is 15.8. The van der Waals surface area contributed by atoms with Crippen molar-refractivity contribution < 1.29 is 0 Å². The number of rotatable bonds is 6. The van der Waals surface area contributed by atoms with Crippen molar-refractivity contribution in [3.8, 4) is 0 Å². The van der Waals surface area contributed by atoms with Crippen LogP contribution in [0.25, 0.3) is 24.3 Å². The van der Waals surface area contributed by atoms with Gasteiger partial charge in [0, 0.05) is 44.2 Å². The van der Waals surface area contributed by atoms with Gasteiger partial charge in [-0.15, -0.1) is 0 Å². The molecule has 0 saturated carbocycles. The maximum absolute atomic E-state index is 3.82. The van der Waals surface area contributed by atoms with Crippen molar-refractivity contribution in [2.24, 2.45) is 0 Å². The smallest absolute Gasteiger partial charge is 0.0441 e. The number of H-pyrrole nitrogens is 4. The van der Waals surface area contributed by atoms with Gasteiger partial charge in [-0.05, 0) is 122 Å². The Morgan fingerprint density at radius 1 is 0.421 bits per heavy atom. The van der Waals surface area contributed by atoms with Crippen molar-refractivity contribution in [1.29, 1.82) is 0 Å². The zero-order valence-electron chi connectivity index (χ0n) is 24.6. The topological polar surface area (TPSA) is 63.2 Å². The van der Waals surface area contributed by atoms with Crippen LogP contribution in [0.15, 0.2) is 0 Å². The van der Waals surface area contributed by atoms with E-state index in [2.05, 4.69) is 99.6 Å². The summed E-state index contributed by atoms with van der Waals surface area (Å²) in [6.07, 6.45) is 15.7. The molecular weight excluding hydrogens is 464 g/mol. The Labute approximate surface area is 226 Å². The van der Waals surface area contributed by atoms with Crippen LogP contribution in [0.1, 0.15) is 108 Å². The van der Waals surface area contributed by atoms with Crippen LogP contribution in [0.2, 0.25) is 0 Å². The summed E-state index contributed by atoms with van der Waals surface area (Å²) < 4.78 is 0. The number of aromatic nitrogens is 4. The minimum atomic E-state index is 0.996. The highest BCUT2D eigenvalue weighted by molar-refractivity contribution is 5.65. The number of hydrogen-bond acceptors (Lipinski definition) is 0. The fourth-order valence-electron chi connectivity index (χ4n) is 6.42. The standard InChI is InChI=1S/C34H44N4/c1-9-13-25-21(7)28-15-27-19(5)23(11-3)31(35-27)16-29-20(6)24(12-4)32(36-29)17-30-22(8)26(14-10-2)34(38-30)18-33(25)37-28/h15-18,35-38H,9-14H2,1-8H3. The van der Waals surface area contributed by atoms with Gasteiger partial charge in [-0.1, -0.05) is 40.5 Å². The van der Waals surface area contributed by atoms with E-state index in [-0.39, 0.29) is 0 Å². The lowest BCUT2D eigenvalue weighted by atomic mass is 10.0. The van der Waals surface area contributed by atoms with E-state index in [9.17, 15) is 0 Å². The Bertz CT molecular complexity index is 1740. The van der Waals surface area contributed by atoms with E-state index in [1.54, 1.807) is 0 Å². The van der Waals surface area contributed by atoms with Crippen molar-refractivity contribution in [2.75, 3.05) is 0 Å². The van der Waals surface area contributed by atoms with Crippen LogP contribution in [0, 0.1) is 27.7 Å². The quantitative estimate of drug-likeness (QED) is 0.252. The van der Waals surface area contributed by atoms with E-state index in [0.29, 0.717) is 0 Å². The van der Waals surface area contributed by atoms with E-state index in [1.807, 2.05) is 0 Å². The van der Waals surface area contributed by atoms with Crippen LogP contribution in [0.3, 0.4) is 0 Å². The molecule has 4 N–H and O–H groups in total. The molecule has 200 valence electrons. The monoisotopic (exact) mass is 508 g/mol. The minimum absolute atomic E-state index is 0.996. The van der Waals surface area contributed by atoms with Crippen LogP contribution in [0.4, 0.5) is 0 Å². The molecular formula is C34H44N4. The molecule has 0 fully saturated rings. The summed E-state index contributed by atoms with van der Waals surface area (Å²) in [5, 5.41) is 4.83. The summed E-state index contributed by atoms with van der Waals surface area (Å²) in [5.74, 6) is 0. The normalized spacial score (nSPS) is 12.6. The molecule has 4 aromatic heterocycles. The maximum Gasteiger partial charge on any atom is 0.0441 e. The summed E-state index contributed by atoms with van der Waals surface area (Å²) in [6, 6.07) is 0. The summed E-state index contributed by atoms with van der Waals surface area (Å²) in [6.45, 7) is 18.1. The molecule has 0 atom stereocenters. The van der Waals surface area contributed by atoms with Crippen molar-refractivity contribution >= 4 is 24.3 Å². The van der Waals surface area contributed by atoms with E-state index < -0.39 is 0 Å². The second kappa shape index (κ2) is 10.4. The van der Waals surface area contributed by atoms with E-state index in [4.69, 9.17) is 0 Å². The molecule has 0 amide bonds. The third-order valence-electron chi connectivity index (χ3n) is 8.67. The Morgan fingerprint density at radius 2 is 0.842 bits per heavy atom. The van der Waals surface area contributed by atoms with Crippen molar-refractivity contribution in [1.82, 2.24) is 19.9 Å². The minimum Gasteiger partial charge on any atom is -0.355 e. The molecule has 4 heteroatoms. The Morgan fingerprint density at radius 3 is 1.42 bits per heavy atom. The van der Waals surface area contributed by atoms with Gasteiger partial charge in [0.15, 0.2) is 0 Å². The lowest BCUT2D eigenvalue weighted by Crippen LogP contribution is -2.13. The van der Waals surface area contributed by atoms with E-state index >= 15 is 0 Å². The Balaban J connectivity index is 1.95. The largest absolute Gasteiger partial charge is 0.355 e. The van der Waals surface area contributed by atoms with Gasteiger partial charge in [-0.3, -0.25) is 0 Å². The highest BCUT2D eigenvalue weighted by Crippen LogP contribution is 2.23. The van der Waals surface area contributed by atoms with E-state index in [0.717, 1.165) is 38.5 Å². The van der Waals surface area contributed by atoms with Crippen LogP contribution in [-0.2, 0) is 25.7 Å². The van der Waals surface area contributed by atoms with Crippen LogP contribution >= 0.6 is 0 Å². The Hall–Kier alpha value is -3.40. The number of nitrogens with one attached hydrogen (secondary N) is 4. The average molecular weight is 509 g/mol. The van der Waals surface area contributed by atoms with E-state index in [1.165, 1.54) is 88.7 Å². The highest BCUT2D eigenvalue weighted by atomic mass is 14.8. The lowest BCUT2D eigenvalue weighted by Gasteiger charge is -2.01. The second-order valence-corrected chi connectivity index (χ2v) is 11.0. The lowest BCUT2D eigenvalue weighted by molar-refractivity contribution is 0.906. The van der Waals surface area contributed by atoms with Gasteiger partial charge in [0.25, 0.3) is 0 Å². The first kappa shape index (κ1) is 26.2.